The maximum Gasteiger partial charge on any atom is 0.405 e. The minimum Gasteiger partial charge on any atom is -0.454 e. The van der Waals surface area contributed by atoms with Crippen molar-refractivity contribution in [2.75, 3.05) is 6.61 Å². The van der Waals surface area contributed by atoms with E-state index < -0.39 is 18.5 Å². The Morgan fingerprint density at radius 1 is 0.957 bits per heavy atom. The molecule has 122 valence electrons. The molecule has 0 saturated carbocycles. The summed E-state index contributed by atoms with van der Waals surface area (Å²) in [5.74, 6) is -2.20. The van der Waals surface area contributed by atoms with Crippen LogP contribution in [-0.2, 0) is 9.53 Å². The molecule has 0 fully saturated rings. The lowest BCUT2D eigenvalue weighted by atomic mass is 10.3. The molecule has 0 spiro atoms. The lowest BCUT2D eigenvalue weighted by Gasteiger charge is -2.28. The maximum absolute atomic E-state index is 11.0. The van der Waals surface area contributed by atoms with Gasteiger partial charge in [0.15, 0.2) is 6.61 Å². The molecule has 0 aliphatic carbocycles. The van der Waals surface area contributed by atoms with E-state index in [1.165, 1.54) is 6.92 Å². The molecule has 0 atom stereocenters. The van der Waals surface area contributed by atoms with Gasteiger partial charge >= 0.3 is 11.9 Å². The zero-order chi connectivity index (χ0) is 16.9. The van der Waals surface area contributed by atoms with E-state index in [0.29, 0.717) is 10.0 Å². The van der Waals surface area contributed by atoms with E-state index in [2.05, 4.69) is 0 Å². The molecule has 2 aromatic rings. The molecule has 0 radical (unpaired) electrons. The van der Waals surface area contributed by atoms with Gasteiger partial charge in [-0.25, -0.2) is 0 Å². The first kappa shape index (κ1) is 17.4. The Labute approximate surface area is 143 Å². The molecule has 0 amide bonds. The van der Waals surface area contributed by atoms with Gasteiger partial charge in [0.25, 0.3) is 0 Å². The number of aliphatic hydroxyl groups is 1. The Balaban J connectivity index is 2.17. The number of ether oxygens (including phenoxy) is 3. The van der Waals surface area contributed by atoms with Crippen molar-refractivity contribution in [3.63, 3.8) is 0 Å². The van der Waals surface area contributed by atoms with Gasteiger partial charge in [-0.1, -0.05) is 23.2 Å². The third kappa shape index (κ3) is 5.63. The highest BCUT2D eigenvalue weighted by Gasteiger charge is 2.34. The second-order valence-corrected chi connectivity index (χ2v) is 5.48. The van der Waals surface area contributed by atoms with Gasteiger partial charge in [-0.05, 0) is 48.5 Å². The fourth-order valence-electron chi connectivity index (χ4n) is 1.65. The van der Waals surface area contributed by atoms with Crippen molar-refractivity contribution >= 4 is 29.2 Å². The molecule has 2 aromatic carbocycles. The van der Waals surface area contributed by atoms with E-state index in [0.717, 1.165) is 0 Å². The number of hydrogen-bond acceptors (Lipinski definition) is 5. The zero-order valence-corrected chi connectivity index (χ0v) is 13.7. The lowest BCUT2D eigenvalue weighted by Crippen LogP contribution is -2.47. The first-order chi connectivity index (χ1) is 10.9. The minimum absolute atomic E-state index is 0.290. The van der Waals surface area contributed by atoms with Crippen LogP contribution in [0.1, 0.15) is 6.92 Å². The Morgan fingerprint density at radius 2 is 1.35 bits per heavy atom. The predicted octanol–water partition coefficient (Wildman–Crippen LogP) is 3.66. The summed E-state index contributed by atoms with van der Waals surface area (Å²) >= 11 is 11.6. The highest BCUT2D eigenvalue weighted by Crippen LogP contribution is 2.24. The summed E-state index contributed by atoms with van der Waals surface area (Å²) in [6.45, 7) is 0.693. The second-order valence-electron chi connectivity index (χ2n) is 4.60. The third-order valence-electron chi connectivity index (χ3n) is 2.64. The van der Waals surface area contributed by atoms with Gasteiger partial charge in [0, 0.05) is 17.0 Å². The van der Waals surface area contributed by atoms with Gasteiger partial charge in [0.2, 0.25) is 0 Å². The molecule has 23 heavy (non-hydrogen) atoms. The number of rotatable bonds is 6. The quantitative estimate of drug-likeness (QED) is 0.631. The van der Waals surface area contributed by atoms with Crippen LogP contribution in [0.3, 0.4) is 0 Å². The number of benzene rings is 2. The van der Waals surface area contributed by atoms with Crippen LogP contribution in [0.15, 0.2) is 48.5 Å². The SMILES string of the molecule is CC(=O)OCC(O)(Oc1ccc(Cl)cc1)Oc1ccc(Cl)cc1. The Bertz CT molecular complexity index is 608. The van der Waals surface area contributed by atoms with Crippen LogP contribution in [0.4, 0.5) is 0 Å². The summed E-state index contributed by atoms with van der Waals surface area (Å²) in [6, 6.07) is 12.5. The molecular formula is C16H14Cl2O5. The van der Waals surface area contributed by atoms with E-state index in [9.17, 15) is 9.90 Å². The van der Waals surface area contributed by atoms with Crippen LogP contribution in [-0.4, -0.2) is 23.7 Å². The van der Waals surface area contributed by atoms with Crippen molar-refractivity contribution in [2.45, 2.75) is 12.9 Å². The summed E-state index contributed by atoms with van der Waals surface area (Å²) in [6.07, 6.45) is 0. The Kier molecular flexibility index (Phi) is 5.71. The van der Waals surface area contributed by atoms with Crippen molar-refractivity contribution in [3.05, 3.63) is 58.6 Å². The van der Waals surface area contributed by atoms with Crippen LogP contribution in [0.5, 0.6) is 11.5 Å². The average molecular weight is 357 g/mol. The molecule has 0 aromatic heterocycles. The van der Waals surface area contributed by atoms with Gasteiger partial charge in [-0.2, -0.15) is 0 Å². The maximum atomic E-state index is 11.0. The molecule has 5 nitrogen and oxygen atoms in total. The lowest BCUT2D eigenvalue weighted by molar-refractivity contribution is -0.292. The van der Waals surface area contributed by atoms with E-state index in [1.807, 2.05) is 0 Å². The fraction of sp³-hybridized carbons (Fsp3) is 0.188. The third-order valence-corrected chi connectivity index (χ3v) is 3.14. The smallest absolute Gasteiger partial charge is 0.405 e. The Morgan fingerprint density at radius 3 is 1.70 bits per heavy atom. The number of halogens is 2. The molecule has 2 rings (SSSR count). The van der Waals surface area contributed by atoms with Crippen molar-refractivity contribution in [3.8, 4) is 11.5 Å². The number of hydrogen-bond donors (Lipinski definition) is 1. The van der Waals surface area contributed by atoms with Crippen molar-refractivity contribution in [1.29, 1.82) is 0 Å². The predicted molar refractivity (Wildman–Crippen MR) is 85.7 cm³/mol. The van der Waals surface area contributed by atoms with E-state index in [1.54, 1.807) is 48.5 Å². The van der Waals surface area contributed by atoms with Gasteiger partial charge in [0.1, 0.15) is 11.5 Å². The summed E-state index contributed by atoms with van der Waals surface area (Å²) in [7, 11) is 0. The summed E-state index contributed by atoms with van der Waals surface area (Å²) < 4.78 is 15.6. The van der Waals surface area contributed by atoms with Crippen LogP contribution in [0.2, 0.25) is 10.0 Å². The molecule has 0 aliphatic rings. The fourth-order valence-corrected chi connectivity index (χ4v) is 1.90. The monoisotopic (exact) mass is 356 g/mol. The standard InChI is InChI=1S/C16H14Cl2O5/c1-11(19)21-10-16(20,22-14-6-2-12(17)3-7-14)23-15-8-4-13(18)5-9-15/h2-9,20H,10H2,1H3. The number of carbonyl (C=O) groups excluding carboxylic acids is 1. The normalized spacial score (nSPS) is 11.0. The zero-order valence-electron chi connectivity index (χ0n) is 12.2. The van der Waals surface area contributed by atoms with Crippen LogP contribution < -0.4 is 9.47 Å². The summed E-state index contributed by atoms with van der Waals surface area (Å²) in [5.41, 5.74) is 0. The highest BCUT2D eigenvalue weighted by molar-refractivity contribution is 6.30. The van der Waals surface area contributed by atoms with Gasteiger partial charge in [-0.15, -0.1) is 0 Å². The van der Waals surface area contributed by atoms with Gasteiger partial charge in [0.05, 0.1) is 0 Å². The van der Waals surface area contributed by atoms with E-state index in [4.69, 9.17) is 37.4 Å². The first-order valence-corrected chi connectivity index (χ1v) is 7.37. The van der Waals surface area contributed by atoms with E-state index in [-0.39, 0.29) is 11.5 Å². The van der Waals surface area contributed by atoms with Crippen molar-refractivity contribution in [1.82, 2.24) is 0 Å². The van der Waals surface area contributed by atoms with Crippen molar-refractivity contribution in [2.24, 2.45) is 0 Å². The van der Waals surface area contributed by atoms with Gasteiger partial charge < -0.3 is 19.3 Å². The molecule has 0 heterocycles. The molecular weight excluding hydrogens is 343 g/mol. The number of carbonyl (C=O) groups is 1. The average Bonchev–Trinajstić information content (AvgIpc) is 2.50. The van der Waals surface area contributed by atoms with E-state index >= 15 is 0 Å². The van der Waals surface area contributed by atoms with Crippen LogP contribution >= 0.6 is 23.2 Å². The molecule has 0 bridgehead atoms. The summed E-state index contributed by atoms with van der Waals surface area (Å²) in [5, 5.41) is 11.5. The first-order valence-electron chi connectivity index (χ1n) is 6.61. The topological polar surface area (TPSA) is 65.0 Å². The van der Waals surface area contributed by atoms with Crippen LogP contribution in [0.25, 0.3) is 0 Å². The molecule has 1 N–H and O–H groups in total. The highest BCUT2D eigenvalue weighted by atomic mass is 35.5. The second kappa shape index (κ2) is 7.55. The summed E-state index contributed by atoms with van der Waals surface area (Å²) in [4.78, 5) is 11.0. The Hall–Kier alpha value is -1.95. The number of esters is 1. The molecule has 0 saturated heterocycles. The van der Waals surface area contributed by atoms with Gasteiger partial charge in [-0.3, -0.25) is 4.79 Å². The minimum atomic E-state index is -2.20. The molecule has 0 unspecified atom stereocenters. The molecule has 7 heteroatoms. The largest absolute Gasteiger partial charge is 0.454 e. The van der Waals surface area contributed by atoms with Crippen LogP contribution in [0, 0.1) is 0 Å². The van der Waals surface area contributed by atoms with Crippen molar-refractivity contribution < 1.29 is 24.1 Å². The molecule has 0 aliphatic heterocycles.